The monoisotopic (exact) mass is 406 g/mol. The third-order valence-electron chi connectivity index (χ3n) is 5.50. The summed E-state index contributed by atoms with van der Waals surface area (Å²) in [6, 6.07) is 0. The van der Waals surface area contributed by atoms with Crippen LogP contribution in [0.1, 0.15) is 51.8 Å². The molecule has 3 rings (SSSR count). The number of esters is 1. The molecule has 2 aliphatic heterocycles. The Labute approximate surface area is 172 Å². The van der Waals surface area contributed by atoms with Gasteiger partial charge in [0.05, 0.1) is 12.5 Å². The first kappa shape index (κ1) is 21.4. The van der Waals surface area contributed by atoms with E-state index in [2.05, 4.69) is 15.3 Å². The molecule has 3 heterocycles. The number of nitrogens with one attached hydrogen (secondary N) is 1. The number of ether oxygens (including phenoxy) is 1. The molecule has 0 amide bonds. The second-order valence-corrected chi connectivity index (χ2v) is 7.66. The minimum Gasteiger partial charge on any atom is -0.466 e. The SMILES string of the molecule is CCNC(=NCCCn1nc2n(c1=O)CCCC2)N1CCCC(C(=O)OCC)C1. The first-order chi connectivity index (χ1) is 14.1. The van der Waals surface area contributed by atoms with Gasteiger partial charge < -0.3 is 15.0 Å². The lowest BCUT2D eigenvalue weighted by Crippen LogP contribution is -2.48. The zero-order chi connectivity index (χ0) is 20.6. The topological polar surface area (TPSA) is 93.8 Å². The smallest absolute Gasteiger partial charge is 0.345 e. The molecule has 0 aliphatic carbocycles. The highest BCUT2D eigenvalue weighted by Gasteiger charge is 2.28. The summed E-state index contributed by atoms with van der Waals surface area (Å²) in [7, 11) is 0. The van der Waals surface area contributed by atoms with Crippen LogP contribution in [0.15, 0.2) is 9.79 Å². The van der Waals surface area contributed by atoms with Crippen molar-refractivity contribution in [2.75, 3.05) is 32.8 Å². The molecule has 0 radical (unpaired) electrons. The Morgan fingerprint density at radius 1 is 1.28 bits per heavy atom. The number of fused-ring (bicyclic) bond motifs is 1. The summed E-state index contributed by atoms with van der Waals surface area (Å²) in [5.74, 6) is 1.54. The van der Waals surface area contributed by atoms with Gasteiger partial charge in [-0.3, -0.25) is 14.4 Å². The Hall–Kier alpha value is -2.32. The highest BCUT2D eigenvalue weighted by atomic mass is 16.5. The third-order valence-corrected chi connectivity index (χ3v) is 5.50. The highest BCUT2D eigenvalue weighted by Crippen LogP contribution is 2.18. The Bertz CT molecular complexity index is 769. The van der Waals surface area contributed by atoms with E-state index < -0.39 is 0 Å². The lowest BCUT2D eigenvalue weighted by molar-refractivity contribution is -0.149. The van der Waals surface area contributed by atoms with Crippen LogP contribution in [-0.4, -0.2) is 64.0 Å². The molecule has 1 fully saturated rings. The normalized spacial score (nSPS) is 19.7. The Balaban J connectivity index is 1.56. The van der Waals surface area contributed by atoms with Gasteiger partial charge in [0, 0.05) is 45.7 Å². The number of likely N-dealkylation sites (tertiary alicyclic amines) is 1. The van der Waals surface area contributed by atoms with Gasteiger partial charge in [0.15, 0.2) is 5.96 Å². The number of aromatic nitrogens is 3. The third kappa shape index (κ3) is 5.39. The number of nitrogens with zero attached hydrogens (tertiary/aromatic N) is 5. The second-order valence-electron chi connectivity index (χ2n) is 7.66. The predicted molar refractivity (Wildman–Crippen MR) is 111 cm³/mol. The number of piperidine rings is 1. The molecule has 9 nitrogen and oxygen atoms in total. The second kappa shape index (κ2) is 10.5. The largest absolute Gasteiger partial charge is 0.466 e. The molecule has 0 saturated carbocycles. The molecule has 162 valence electrons. The predicted octanol–water partition coefficient (Wildman–Crippen LogP) is 1.01. The van der Waals surface area contributed by atoms with Gasteiger partial charge in [-0.2, -0.15) is 5.10 Å². The molecule has 1 unspecified atom stereocenters. The maximum Gasteiger partial charge on any atom is 0.345 e. The van der Waals surface area contributed by atoms with Crippen LogP contribution in [0.3, 0.4) is 0 Å². The maximum absolute atomic E-state index is 12.4. The van der Waals surface area contributed by atoms with Gasteiger partial charge in [-0.25, -0.2) is 9.48 Å². The van der Waals surface area contributed by atoms with E-state index in [0.29, 0.717) is 26.2 Å². The van der Waals surface area contributed by atoms with Crippen LogP contribution < -0.4 is 11.0 Å². The summed E-state index contributed by atoms with van der Waals surface area (Å²) in [5, 5.41) is 7.81. The van der Waals surface area contributed by atoms with E-state index in [-0.39, 0.29) is 17.6 Å². The summed E-state index contributed by atoms with van der Waals surface area (Å²) in [6.45, 7) is 8.56. The van der Waals surface area contributed by atoms with Gasteiger partial charge in [0.25, 0.3) is 0 Å². The van der Waals surface area contributed by atoms with Gasteiger partial charge in [0.1, 0.15) is 5.82 Å². The van der Waals surface area contributed by atoms with E-state index in [4.69, 9.17) is 9.73 Å². The van der Waals surface area contributed by atoms with E-state index in [9.17, 15) is 9.59 Å². The number of rotatable bonds is 7. The number of carbonyl (C=O) groups is 1. The first-order valence-corrected chi connectivity index (χ1v) is 11.0. The fourth-order valence-corrected chi connectivity index (χ4v) is 4.05. The van der Waals surface area contributed by atoms with E-state index in [1.165, 1.54) is 0 Å². The van der Waals surface area contributed by atoms with Gasteiger partial charge in [0.2, 0.25) is 0 Å². The van der Waals surface area contributed by atoms with Crippen LogP contribution in [-0.2, 0) is 29.0 Å². The number of hydrogen-bond acceptors (Lipinski definition) is 5. The van der Waals surface area contributed by atoms with Crippen molar-refractivity contribution < 1.29 is 9.53 Å². The molecule has 1 aromatic heterocycles. The van der Waals surface area contributed by atoms with Crippen molar-refractivity contribution in [1.29, 1.82) is 0 Å². The van der Waals surface area contributed by atoms with Gasteiger partial charge in [-0.05, 0) is 46.0 Å². The molecular weight excluding hydrogens is 372 g/mol. The summed E-state index contributed by atoms with van der Waals surface area (Å²) in [5.41, 5.74) is 0.00361. The van der Waals surface area contributed by atoms with Crippen molar-refractivity contribution >= 4 is 11.9 Å². The van der Waals surface area contributed by atoms with Gasteiger partial charge in [-0.15, -0.1) is 0 Å². The van der Waals surface area contributed by atoms with E-state index >= 15 is 0 Å². The molecule has 1 N–H and O–H groups in total. The molecule has 2 aliphatic rings. The number of aliphatic imine (C=N–C) groups is 1. The average Bonchev–Trinajstić information content (AvgIpc) is 3.06. The lowest BCUT2D eigenvalue weighted by atomic mass is 9.98. The van der Waals surface area contributed by atoms with Crippen molar-refractivity contribution in [3.63, 3.8) is 0 Å². The molecule has 29 heavy (non-hydrogen) atoms. The van der Waals surface area contributed by atoms with Crippen LogP contribution in [0.25, 0.3) is 0 Å². The zero-order valence-corrected chi connectivity index (χ0v) is 17.7. The molecule has 0 aromatic carbocycles. The fraction of sp³-hybridized carbons (Fsp3) is 0.800. The Morgan fingerprint density at radius 3 is 2.90 bits per heavy atom. The van der Waals surface area contributed by atoms with E-state index in [1.54, 1.807) is 9.25 Å². The number of aryl methyl sites for hydroxylation is 2. The highest BCUT2D eigenvalue weighted by molar-refractivity contribution is 5.81. The zero-order valence-electron chi connectivity index (χ0n) is 17.7. The average molecular weight is 407 g/mol. The standard InChI is InChI=1S/C20H34N6O3/c1-3-21-19(24-12-7-9-16(15-24)18(27)29-4-2)22-11-8-14-26-20(28)25-13-6-5-10-17(25)23-26/h16H,3-15H2,1-2H3,(H,21,22). The minimum absolute atomic E-state index is 0.00361. The number of guanidine groups is 1. The number of carbonyl (C=O) groups excluding carboxylic acids is 1. The van der Waals surface area contributed by atoms with Crippen LogP contribution in [0.4, 0.5) is 0 Å². The van der Waals surface area contributed by atoms with Crippen LogP contribution >= 0.6 is 0 Å². The summed E-state index contributed by atoms with van der Waals surface area (Å²) < 4.78 is 8.59. The fourth-order valence-electron chi connectivity index (χ4n) is 4.05. The quantitative estimate of drug-likeness (QED) is 0.314. The molecule has 1 aromatic rings. The molecule has 9 heteroatoms. The summed E-state index contributed by atoms with van der Waals surface area (Å²) >= 11 is 0. The Morgan fingerprint density at radius 2 is 2.14 bits per heavy atom. The number of hydrogen-bond donors (Lipinski definition) is 1. The minimum atomic E-state index is -0.115. The molecule has 0 spiro atoms. The summed E-state index contributed by atoms with van der Waals surface area (Å²) in [4.78, 5) is 31.4. The molecule has 0 bridgehead atoms. The van der Waals surface area contributed by atoms with Gasteiger partial charge in [-0.1, -0.05) is 0 Å². The van der Waals surface area contributed by atoms with Crippen molar-refractivity contribution in [1.82, 2.24) is 24.6 Å². The molecule has 1 saturated heterocycles. The van der Waals surface area contributed by atoms with E-state index in [1.807, 2.05) is 13.8 Å². The molecular formula is C20H34N6O3. The van der Waals surface area contributed by atoms with Crippen LogP contribution in [0, 0.1) is 5.92 Å². The first-order valence-electron chi connectivity index (χ1n) is 11.0. The van der Waals surface area contributed by atoms with Crippen LogP contribution in [0.5, 0.6) is 0 Å². The van der Waals surface area contributed by atoms with Crippen molar-refractivity contribution in [3.8, 4) is 0 Å². The van der Waals surface area contributed by atoms with Crippen molar-refractivity contribution in [2.24, 2.45) is 10.9 Å². The van der Waals surface area contributed by atoms with Crippen LogP contribution in [0.2, 0.25) is 0 Å². The van der Waals surface area contributed by atoms with E-state index in [0.717, 1.165) is 69.9 Å². The van der Waals surface area contributed by atoms with Crippen molar-refractivity contribution in [2.45, 2.75) is 65.5 Å². The lowest BCUT2D eigenvalue weighted by Gasteiger charge is -2.34. The molecule has 1 atom stereocenters. The summed E-state index contributed by atoms with van der Waals surface area (Å²) in [6.07, 6.45) is 5.61. The van der Waals surface area contributed by atoms with Crippen molar-refractivity contribution in [3.05, 3.63) is 16.3 Å². The maximum atomic E-state index is 12.4. The van der Waals surface area contributed by atoms with Gasteiger partial charge >= 0.3 is 11.7 Å². The Kier molecular flexibility index (Phi) is 7.71.